The number of Topliss-reactive ketones (excluding diaryl/α,β-unsaturated/α-hetero) is 2. The Balaban J connectivity index is 2.32. The topological polar surface area (TPSA) is 54.4 Å². The average molecular weight is 266 g/mol. The van der Waals surface area contributed by atoms with Gasteiger partial charge in [0.1, 0.15) is 5.78 Å². The fourth-order valence-electron chi connectivity index (χ4n) is 2.88. The van der Waals surface area contributed by atoms with Crippen LogP contribution >= 0.6 is 0 Å². The summed E-state index contributed by atoms with van der Waals surface area (Å²) < 4.78 is 0. The number of carbonyl (C=O) groups excluding carboxylic acids is 2. The molecule has 0 bridgehead atoms. The van der Waals surface area contributed by atoms with E-state index in [2.05, 4.69) is 0 Å². The maximum atomic E-state index is 12.6. The highest BCUT2D eigenvalue weighted by Gasteiger charge is 2.45. The van der Waals surface area contributed by atoms with Crippen LogP contribution < -0.4 is 0 Å². The van der Waals surface area contributed by atoms with Gasteiger partial charge in [0.15, 0.2) is 11.4 Å². The normalized spacial score (nSPS) is 20.2. The minimum atomic E-state index is -1.75. The summed E-state index contributed by atoms with van der Waals surface area (Å²) >= 11 is 0. The number of rotatable bonds is 2. The second-order valence-electron chi connectivity index (χ2n) is 5.16. The van der Waals surface area contributed by atoms with E-state index in [0.29, 0.717) is 11.1 Å². The van der Waals surface area contributed by atoms with Crippen molar-refractivity contribution in [1.82, 2.24) is 0 Å². The van der Waals surface area contributed by atoms with Gasteiger partial charge in [-0.2, -0.15) is 0 Å². The molecule has 3 rings (SSSR count). The van der Waals surface area contributed by atoms with Crippen molar-refractivity contribution >= 4 is 11.6 Å². The molecule has 0 saturated carbocycles. The van der Waals surface area contributed by atoms with E-state index >= 15 is 0 Å². The number of ketones is 2. The summed E-state index contributed by atoms with van der Waals surface area (Å²) in [5.74, 6) is -0.614. The lowest BCUT2D eigenvalue weighted by atomic mass is 9.72. The van der Waals surface area contributed by atoms with Crippen molar-refractivity contribution in [2.24, 2.45) is 0 Å². The van der Waals surface area contributed by atoms with Crippen LogP contribution in [0.2, 0.25) is 0 Å². The summed E-state index contributed by atoms with van der Waals surface area (Å²) in [6, 6.07) is 14.4. The monoisotopic (exact) mass is 266 g/mol. The fourth-order valence-corrected chi connectivity index (χ4v) is 2.88. The summed E-state index contributed by atoms with van der Waals surface area (Å²) in [7, 11) is 0. The van der Waals surface area contributed by atoms with Crippen LogP contribution in [0, 0.1) is 0 Å². The fraction of sp³-hybridized carbons (Fsp3) is 0.176. The molecular formula is C17H14O3. The molecule has 0 fully saturated rings. The van der Waals surface area contributed by atoms with Crippen molar-refractivity contribution in [3.63, 3.8) is 0 Å². The Labute approximate surface area is 116 Å². The van der Waals surface area contributed by atoms with Gasteiger partial charge in [0.2, 0.25) is 0 Å². The molecule has 0 amide bonds. The van der Waals surface area contributed by atoms with Crippen molar-refractivity contribution in [3.8, 4) is 11.1 Å². The van der Waals surface area contributed by atoms with Crippen molar-refractivity contribution in [2.45, 2.75) is 18.9 Å². The van der Waals surface area contributed by atoms with Crippen LogP contribution in [-0.2, 0) is 10.4 Å². The first-order valence-electron chi connectivity index (χ1n) is 6.49. The molecule has 0 aromatic heterocycles. The third kappa shape index (κ3) is 1.71. The Bertz CT molecular complexity index is 718. The Hall–Kier alpha value is -2.26. The number of aliphatic hydroxyl groups is 1. The van der Waals surface area contributed by atoms with Crippen LogP contribution in [0.15, 0.2) is 48.5 Å². The second kappa shape index (κ2) is 4.39. The van der Waals surface area contributed by atoms with E-state index in [1.165, 1.54) is 6.92 Å². The van der Waals surface area contributed by atoms with Gasteiger partial charge in [0.25, 0.3) is 0 Å². The van der Waals surface area contributed by atoms with Gasteiger partial charge in [0.05, 0.1) is 0 Å². The highest BCUT2D eigenvalue weighted by atomic mass is 16.3. The molecule has 0 aliphatic heterocycles. The van der Waals surface area contributed by atoms with Gasteiger partial charge in [-0.15, -0.1) is 0 Å². The number of benzene rings is 2. The lowest BCUT2D eigenvalue weighted by Gasteiger charge is -2.33. The zero-order valence-electron chi connectivity index (χ0n) is 11.1. The Morgan fingerprint density at radius 3 is 2.20 bits per heavy atom. The maximum absolute atomic E-state index is 12.6. The van der Waals surface area contributed by atoms with Crippen LogP contribution in [0.4, 0.5) is 0 Å². The first-order valence-corrected chi connectivity index (χ1v) is 6.49. The smallest absolute Gasteiger partial charge is 0.200 e. The van der Waals surface area contributed by atoms with Crippen LogP contribution in [0.5, 0.6) is 0 Å². The van der Waals surface area contributed by atoms with Gasteiger partial charge in [0, 0.05) is 12.0 Å². The van der Waals surface area contributed by atoms with Crippen molar-refractivity contribution in [3.05, 3.63) is 59.7 Å². The molecule has 0 spiro atoms. The summed E-state index contributed by atoms with van der Waals surface area (Å²) in [5.41, 5.74) is 0.846. The van der Waals surface area contributed by atoms with E-state index < -0.39 is 11.4 Å². The quantitative estimate of drug-likeness (QED) is 0.909. The Kier molecular flexibility index (Phi) is 2.80. The predicted molar refractivity (Wildman–Crippen MR) is 75.4 cm³/mol. The van der Waals surface area contributed by atoms with E-state index in [0.717, 1.165) is 11.1 Å². The summed E-state index contributed by atoms with van der Waals surface area (Å²) in [5, 5.41) is 10.8. The van der Waals surface area contributed by atoms with Crippen molar-refractivity contribution in [1.29, 1.82) is 0 Å². The van der Waals surface area contributed by atoms with Gasteiger partial charge in [-0.25, -0.2) is 0 Å². The summed E-state index contributed by atoms with van der Waals surface area (Å²) in [6.07, 6.45) is -0.197. The van der Waals surface area contributed by atoms with Crippen molar-refractivity contribution < 1.29 is 14.7 Å². The molecule has 20 heavy (non-hydrogen) atoms. The van der Waals surface area contributed by atoms with Crippen molar-refractivity contribution in [2.75, 3.05) is 0 Å². The minimum Gasteiger partial charge on any atom is -0.376 e. The maximum Gasteiger partial charge on any atom is 0.200 e. The number of fused-ring (bicyclic) bond motifs is 3. The van der Waals surface area contributed by atoms with E-state index in [1.54, 1.807) is 24.3 Å². The molecule has 2 aromatic carbocycles. The third-order valence-corrected chi connectivity index (χ3v) is 3.71. The molecule has 3 nitrogen and oxygen atoms in total. The van der Waals surface area contributed by atoms with Crippen LogP contribution in [0.1, 0.15) is 29.3 Å². The molecule has 0 radical (unpaired) electrons. The first-order chi connectivity index (χ1) is 9.54. The van der Waals surface area contributed by atoms with Crippen LogP contribution in [0.3, 0.4) is 0 Å². The standard InChI is InChI=1S/C17H14O3/c1-11(18)10-17(20)15-9-5-4-7-13(15)12-6-2-3-8-14(12)16(17)19/h2-9,20H,10H2,1H3. The molecule has 1 atom stereocenters. The van der Waals surface area contributed by atoms with E-state index in [-0.39, 0.29) is 12.2 Å². The average Bonchev–Trinajstić information content (AvgIpc) is 2.45. The second-order valence-corrected chi connectivity index (χ2v) is 5.16. The number of hydrogen-bond donors (Lipinski definition) is 1. The Morgan fingerprint density at radius 2 is 1.55 bits per heavy atom. The Morgan fingerprint density at radius 1 is 1.00 bits per heavy atom. The summed E-state index contributed by atoms with van der Waals surface area (Å²) in [4.78, 5) is 24.1. The van der Waals surface area contributed by atoms with Gasteiger partial charge in [-0.3, -0.25) is 9.59 Å². The molecular weight excluding hydrogens is 252 g/mol. The minimum absolute atomic E-state index is 0.197. The lowest BCUT2D eigenvalue weighted by Crippen LogP contribution is -2.40. The molecule has 1 N–H and O–H groups in total. The third-order valence-electron chi connectivity index (χ3n) is 3.71. The highest BCUT2D eigenvalue weighted by molar-refractivity contribution is 6.13. The lowest BCUT2D eigenvalue weighted by molar-refractivity contribution is -0.120. The number of hydrogen-bond acceptors (Lipinski definition) is 3. The zero-order valence-corrected chi connectivity index (χ0v) is 11.1. The molecule has 0 saturated heterocycles. The van der Waals surface area contributed by atoms with E-state index in [4.69, 9.17) is 0 Å². The zero-order chi connectivity index (χ0) is 14.3. The van der Waals surface area contributed by atoms with Gasteiger partial charge >= 0.3 is 0 Å². The predicted octanol–water partition coefficient (Wildman–Crippen LogP) is 2.72. The molecule has 1 aliphatic carbocycles. The molecule has 3 heteroatoms. The van der Waals surface area contributed by atoms with Gasteiger partial charge in [-0.05, 0) is 23.6 Å². The first kappa shape index (κ1) is 12.8. The molecule has 2 aromatic rings. The SMILES string of the molecule is CC(=O)CC1(O)C(=O)c2ccccc2-c2ccccc21. The van der Waals surface area contributed by atoms with E-state index in [9.17, 15) is 14.7 Å². The summed E-state index contributed by atoms with van der Waals surface area (Å²) in [6.45, 7) is 1.38. The van der Waals surface area contributed by atoms with Gasteiger partial charge in [-0.1, -0.05) is 48.5 Å². The van der Waals surface area contributed by atoms with Gasteiger partial charge < -0.3 is 5.11 Å². The van der Waals surface area contributed by atoms with E-state index in [1.807, 2.05) is 24.3 Å². The van der Waals surface area contributed by atoms with Crippen LogP contribution in [-0.4, -0.2) is 16.7 Å². The molecule has 100 valence electrons. The van der Waals surface area contributed by atoms with Crippen LogP contribution in [0.25, 0.3) is 11.1 Å². The molecule has 0 heterocycles. The number of carbonyl (C=O) groups is 2. The molecule has 1 aliphatic rings. The largest absolute Gasteiger partial charge is 0.376 e. The molecule has 1 unspecified atom stereocenters. The highest BCUT2D eigenvalue weighted by Crippen LogP contribution is 2.43.